The largest absolute Gasteiger partial charge is 0.314 e. The van der Waals surface area contributed by atoms with Crippen LogP contribution in [0.1, 0.15) is 0 Å². The van der Waals surface area contributed by atoms with E-state index < -0.39 is 7.14 Å². The molecule has 8 aromatic carbocycles. The van der Waals surface area contributed by atoms with Crippen molar-refractivity contribution >= 4 is 44.9 Å². The van der Waals surface area contributed by atoms with Gasteiger partial charge in [-0.3, -0.25) is 0 Å². The van der Waals surface area contributed by atoms with Gasteiger partial charge in [0.1, 0.15) is 7.14 Å². The highest BCUT2D eigenvalue weighted by atomic mass is 31.2. The fraction of sp³-hybridized carbons (Fsp3) is 0.0196. The van der Waals surface area contributed by atoms with Gasteiger partial charge in [-0.1, -0.05) is 140 Å². The second-order valence-electron chi connectivity index (χ2n) is 14.7. The van der Waals surface area contributed by atoms with E-state index in [1.54, 1.807) is 0 Å². The van der Waals surface area contributed by atoms with Gasteiger partial charge >= 0.3 is 0 Å². The summed E-state index contributed by atoms with van der Waals surface area (Å²) in [6.07, 6.45) is 2.08. The van der Waals surface area contributed by atoms with Gasteiger partial charge in [0.2, 0.25) is 0 Å². The van der Waals surface area contributed by atoms with E-state index in [9.17, 15) is 4.57 Å². The van der Waals surface area contributed by atoms with Crippen molar-refractivity contribution in [2.24, 2.45) is 0 Å². The lowest BCUT2D eigenvalue weighted by atomic mass is 9.90. The van der Waals surface area contributed by atoms with Crippen molar-refractivity contribution in [2.45, 2.75) is 0 Å². The zero-order valence-corrected chi connectivity index (χ0v) is 31.5. The second-order valence-corrected chi connectivity index (χ2v) is 17.6. The Kier molecular flexibility index (Phi) is 7.32. The first-order valence-electron chi connectivity index (χ1n) is 18.9. The van der Waals surface area contributed by atoms with E-state index in [1.165, 1.54) is 21.5 Å². The molecule has 1 aliphatic heterocycles. The summed E-state index contributed by atoms with van der Waals surface area (Å²) in [5.41, 5.74) is 12.4. The highest BCUT2D eigenvalue weighted by Gasteiger charge is 2.34. The van der Waals surface area contributed by atoms with Crippen LogP contribution in [0.25, 0.3) is 94.2 Å². The minimum Gasteiger partial charge on any atom is -0.314 e. The number of rotatable bonds is 5. The van der Waals surface area contributed by atoms with Gasteiger partial charge in [0, 0.05) is 33.5 Å². The maximum Gasteiger partial charge on any atom is 0.182 e. The molecule has 1 unspecified atom stereocenters. The summed E-state index contributed by atoms with van der Waals surface area (Å²) in [5, 5.41) is 11.9. The number of hydrogen-bond donors (Lipinski definition) is 0. The molecule has 0 fully saturated rings. The van der Waals surface area contributed by atoms with Crippen LogP contribution in [0.15, 0.2) is 188 Å². The molecule has 2 aromatic heterocycles. The molecule has 0 amide bonds. The highest BCUT2D eigenvalue weighted by molar-refractivity contribution is 7.79. The molecule has 0 spiro atoms. The van der Waals surface area contributed by atoms with E-state index in [1.807, 2.05) is 41.5 Å². The predicted octanol–water partition coefficient (Wildman–Crippen LogP) is 12.3. The Morgan fingerprint density at radius 3 is 1.88 bits per heavy atom. The van der Waals surface area contributed by atoms with Gasteiger partial charge in [-0.2, -0.15) is 0 Å². The van der Waals surface area contributed by atoms with Crippen LogP contribution in [0, 0.1) is 0 Å². The zero-order chi connectivity index (χ0) is 37.4. The second kappa shape index (κ2) is 12.6. The van der Waals surface area contributed by atoms with E-state index in [4.69, 9.17) is 10.1 Å². The van der Waals surface area contributed by atoms with Crippen molar-refractivity contribution in [3.05, 3.63) is 188 Å². The molecule has 0 saturated heterocycles. The monoisotopic (exact) mass is 735 g/mol. The molecule has 1 aliphatic rings. The molecular weight excluding hydrogens is 702 g/mol. The molecule has 0 radical (unpaired) electrons. The van der Waals surface area contributed by atoms with E-state index in [-0.39, 0.29) is 0 Å². The standard InChI is InChI=1S/C51H34N3OP/c1-56(55)48-23-13-12-22-44(48)47-29-35(24-25-49(47)56)37-26-38(45-30-36-18-8-9-19-41(36)42-20-10-11-21-43(42)45)28-39(27-37)50-52-51-46(34-16-6-3-7-17-34)31-40(32-54(51)53-50)33-14-4-2-5-15-33/h2-32H,1H3. The number of nitrogens with zero attached hydrogens (tertiary/aromatic N) is 3. The van der Waals surface area contributed by atoms with Crippen LogP contribution < -0.4 is 10.6 Å². The topological polar surface area (TPSA) is 47.3 Å². The third kappa shape index (κ3) is 5.18. The summed E-state index contributed by atoms with van der Waals surface area (Å²) in [6, 6.07) is 63.9. The molecule has 0 saturated carbocycles. The predicted molar refractivity (Wildman–Crippen MR) is 233 cm³/mol. The number of pyridine rings is 1. The zero-order valence-electron chi connectivity index (χ0n) is 30.6. The van der Waals surface area contributed by atoms with Crippen LogP contribution in [0.5, 0.6) is 0 Å². The van der Waals surface area contributed by atoms with Crippen molar-refractivity contribution in [3.8, 4) is 67.0 Å². The van der Waals surface area contributed by atoms with Crippen LogP contribution in [0.4, 0.5) is 0 Å². The van der Waals surface area contributed by atoms with Gasteiger partial charge in [0.15, 0.2) is 11.5 Å². The SMILES string of the molecule is CP1(=O)c2ccccc2-c2cc(-c3cc(-c4nc5c(-c6ccccc6)cc(-c6ccccc6)cn5n4)cc(-c4cc5ccccc5c5ccccc45)c3)ccc21. The Balaban J connectivity index is 1.17. The molecule has 56 heavy (non-hydrogen) atoms. The van der Waals surface area contributed by atoms with Crippen LogP contribution in [-0.4, -0.2) is 21.3 Å². The fourth-order valence-electron chi connectivity index (χ4n) is 8.61. The Hall–Kier alpha value is -6.87. The molecule has 4 nitrogen and oxygen atoms in total. The van der Waals surface area contributed by atoms with Crippen LogP contribution in [0.3, 0.4) is 0 Å². The van der Waals surface area contributed by atoms with Crippen LogP contribution in [0.2, 0.25) is 0 Å². The van der Waals surface area contributed by atoms with Crippen molar-refractivity contribution in [1.29, 1.82) is 0 Å². The lowest BCUT2D eigenvalue weighted by Crippen LogP contribution is -2.07. The maximum atomic E-state index is 14.1. The van der Waals surface area contributed by atoms with Gasteiger partial charge in [0.05, 0.1) is 0 Å². The van der Waals surface area contributed by atoms with Crippen molar-refractivity contribution in [2.75, 3.05) is 6.66 Å². The normalized spacial score (nSPS) is 14.7. The molecule has 3 heterocycles. The Bertz CT molecular complexity index is 3240. The van der Waals surface area contributed by atoms with Crippen molar-refractivity contribution in [3.63, 3.8) is 0 Å². The molecular formula is C51H34N3OP. The summed E-state index contributed by atoms with van der Waals surface area (Å²) in [5.74, 6) is 0.644. The highest BCUT2D eigenvalue weighted by Crippen LogP contribution is 2.51. The van der Waals surface area contributed by atoms with Crippen molar-refractivity contribution < 1.29 is 4.57 Å². The molecule has 0 aliphatic carbocycles. The van der Waals surface area contributed by atoms with Gasteiger partial charge in [-0.05, 0) is 115 Å². The Morgan fingerprint density at radius 1 is 0.429 bits per heavy atom. The van der Waals surface area contributed by atoms with Gasteiger partial charge < -0.3 is 4.57 Å². The number of hydrogen-bond acceptors (Lipinski definition) is 3. The first-order chi connectivity index (χ1) is 27.5. The van der Waals surface area contributed by atoms with E-state index >= 15 is 0 Å². The third-order valence-corrected chi connectivity index (χ3v) is 14.0. The molecule has 5 heteroatoms. The average molecular weight is 736 g/mol. The minimum absolute atomic E-state index is 0.644. The Morgan fingerprint density at radius 2 is 1.05 bits per heavy atom. The van der Waals surface area contributed by atoms with Gasteiger partial charge in [-0.15, -0.1) is 5.10 Å². The van der Waals surface area contributed by atoms with E-state index in [0.29, 0.717) is 5.82 Å². The number of fused-ring (bicyclic) bond motifs is 7. The smallest absolute Gasteiger partial charge is 0.182 e. The number of benzene rings is 8. The fourth-order valence-corrected chi connectivity index (χ4v) is 10.9. The summed E-state index contributed by atoms with van der Waals surface area (Å²) >= 11 is 0. The molecule has 1 atom stereocenters. The molecule has 0 N–H and O–H groups in total. The number of aromatic nitrogens is 3. The van der Waals surface area contributed by atoms with Crippen LogP contribution >= 0.6 is 7.14 Å². The van der Waals surface area contributed by atoms with Crippen LogP contribution in [-0.2, 0) is 4.57 Å². The minimum atomic E-state index is -2.70. The molecule has 264 valence electrons. The Labute approximate surface area is 324 Å². The summed E-state index contributed by atoms with van der Waals surface area (Å²) in [7, 11) is -2.70. The average Bonchev–Trinajstić information content (AvgIpc) is 3.80. The maximum absolute atomic E-state index is 14.1. The lowest BCUT2D eigenvalue weighted by Gasteiger charge is -2.14. The van der Waals surface area contributed by atoms with Gasteiger partial charge in [0.25, 0.3) is 0 Å². The molecule has 10 aromatic rings. The quantitative estimate of drug-likeness (QED) is 0.131. The first kappa shape index (κ1) is 32.6. The van der Waals surface area contributed by atoms with E-state index in [2.05, 4.69) is 158 Å². The summed E-state index contributed by atoms with van der Waals surface area (Å²) in [6.45, 7) is 1.89. The first-order valence-corrected chi connectivity index (χ1v) is 21.1. The summed E-state index contributed by atoms with van der Waals surface area (Å²) in [4.78, 5) is 5.30. The third-order valence-electron chi connectivity index (χ3n) is 11.3. The lowest BCUT2D eigenvalue weighted by molar-refractivity contribution is 0.591. The molecule has 0 bridgehead atoms. The van der Waals surface area contributed by atoms with Crippen molar-refractivity contribution in [1.82, 2.24) is 14.6 Å². The summed E-state index contributed by atoms with van der Waals surface area (Å²) < 4.78 is 16.1. The van der Waals surface area contributed by atoms with Gasteiger partial charge in [-0.25, -0.2) is 9.50 Å². The molecule has 11 rings (SSSR count). The van der Waals surface area contributed by atoms with E-state index in [0.717, 1.165) is 77.5 Å².